The van der Waals surface area contributed by atoms with Crippen molar-refractivity contribution in [1.29, 1.82) is 0 Å². The molecule has 0 bridgehead atoms. The third kappa shape index (κ3) is 2.16. The van der Waals surface area contributed by atoms with Gasteiger partial charge in [-0.1, -0.05) is 6.42 Å². The summed E-state index contributed by atoms with van der Waals surface area (Å²) in [5.41, 5.74) is 6.89. The van der Waals surface area contributed by atoms with E-state index in [2.05, 4.69) is 21.9 Å². The molecule has 0 aliphatic heterocycles. The number of hydrogen-bond acceptors (Lipinski definition) is 4. The number of anilines is 1. The lowest BCUT2D eigenvalue weighted by molar-refractivity contribution is 0.469. The summed E-state index contributed by atoms with van der Waals surface area (Å²) in [5, 5.41) is 0. The average Bonchev–Trinajstić information content (AvgIpc) is 2.77. The SMILES string of the molecule is Cc1cnc(N(C)C2CCCC2CN)nc1. The fourth-order valence-electron chi connectivity index (χ4n) is 2.52. The Morgan fingerprint density at radius 2 is 2.06 bits per heavy atom. The maximum Gasteiger partial charge on any atom is 0.225 e. The van der Waals surface area contributed by atoms with Gasteiger partial charge in [0.1, 0.15) is 0 Å². The molecule has 0 saturated heterocycles. The standard InChI is InChI=1S/C12H20N4/c1-9-7-14-12(15-8-9)16(2)11-5-3-4-10(11)6-13/h7-8,10-11H,3-6,13H2,1-2H3. The molecule has 1 fully saturated rings. The third-order valence-electron chi connectivity index (χ3n) is 3.50. The number of nitrogens with two attached hydrogens (primary N) is 1. The fraction of sp³-hybridized carbons (Fsp3) is 0.667. The van der Waals surface area contributed by atoms with Crippen LogP contribution in [-0.4, -0.2) is 29.6 Å². The van der Waals surface area contributed by atoms with Crippen LogP contribution in [0.2, 0.25) is 0 Å². The van der Waals surface area contributed by atoms with Gasteiger partial charge in [-0.3, -0.25) is 0 Å². The van der Waals surface area contributed by atoms with Crippen LogP contribution in [0.15, 0.2) is 12.4 Å². The van der Waals surface area contributed by atoms with Crippen LogP contribution < -0.4 is 10.6 Å². The number of aryl methyl sites for hydroxylation is 1. The predicted molar refractivity (Wildman–Crippen MR) is 65.4 cm³/mol. The van der Waals surface area contributed by atoms with E-state index in [1.54, 1.807) is 0 Å². The van der Waals surface area contributed by atoms with Gasteiger partial charge in [-0.2, -0.15) is 0 Å². The van der Waals surface area contributed by atoms with E-state index in [1.807, 2.05) is 19.3 Å². The van der Waals surface area contributed by atoms with Crippen molar-refractivity contribution in [3.05, 3.63) is 18.0 Å². The van der Waals surface area contributed by atoms with Crippen LogP contribution in [0, 0.1) is 12.8 Å². The molecule has 2 N–H and O–H groups in total. The Balaban J connectivity index is 2.12. The first kappa shape index (κ1) is 11.3. The van der Waals surface area contributed by atoms with Gasteiger partial charge in [-0.15, -0.1) is 0 Å². The normalized spacial score (nSPS) is 24.7. The number of aromatic nitrogens is 2. The highest BCUT2D eigenvalue weighted by atomic mass is 15.3. The van der Waals surface area contributed by atoms with Gasteiger partial charge < -0.3 is 10.6 Å². The lowest BCUT2D eigenvalue weighted by atomic mass is 10.0. The van der Waals surface area contributed by atoms with E-state index >= 15 is 0 Å². The van der Waals surface area contributed by atoms with E-state index in [9.17, 15) is 0 Å². The first-order valence-electron chi connectivity index (χ1n) is 5.94. The minimum Gasteiger partial charge on any atom is -0.341 e. The predicted octanol–water partition coefficient (Wildman–Crippen LogP) is 1.35. The van der Waals surface area contributed by atoms with Gasteiger partial charge in [0.05, 0.1) is 0 Å². The fourth-order valence-corrected chi connectivity index (χ4v) is 2.52. The molecule has 88 valence electrons. The second kappa shape index (κ2) is 4.78. The van der Waals surface area contributed by atoms with Crippen LogP contribution in [-0.2, 0) is 0 Å². The zero-order valence-electron chi connectivity index (χ0n) is 10.1. The minimum absolute atomic E-state index is 0.507. The Kier molecular flexibility index (Phi) is 3.39. The van der Waals surface area contributed by atoms with Gasteiger partial charge in [-0.25, -0.2) is 9.97 Å². The van der Waals surface area contributed by atoms with E-state index in [1.165, 1.54) is 19.3 Å². The second-order valence-electron chi connectivity index (χ2n) is 4.67. The molecule has 2 unspecified atom stereocenters. The molecule has 0 aromatic carbocycles. The summed E-state index contributed by atoms with van der Waals surface area (Å²) in [5.74, 6) is 1.41. The van der Waals surface area contributed by atoms with Crippen molar-refractivity contribution < 1.29 is 0 Å². The van der Waals surface area contributed by atoms with Gasteiger partial charge in [0.2, 0.25) is 5.95 Å². The summed E-state index contributed by atoms with van der Waals surface area (Å²) in [4.78, 5) is 10.9. The largest absolute Gasteiger partial charge is 0.341 e. The lowest BCUT2D eigenvalue weighted by Crippen LogP contribution is -2.38. The molecular formula is C12H20N4. The van der Waals surface area contributed by atoms with Crippen LogP contribution in [0.5, 0.6) is 0 Å². The van der Waals surface area contributed by atoms with Crippen LogP contribution >= 0.6 is 0 Å². The average molecular weight is 220 g/mol. The van der Waals surface area contributed by atoms with Gasteiger partial charge >= 0.3 is 0 Å². The molecule has 0 radical (unpaired) electrons. The highest BCUT2D eigenvalue weighted by Gasteiger charge is 2.30. The summed E-state index contributed by atoms with van der Waals surface area (Å²) in [7, 11) is 2.07. The Morgan fingerprint density at radius 1 is 1.38 bits per heavy atom. The lowest BCUT2D eigenvalue weighted by Gasteiger charge is -2.29. The van der Waals surface area contributed by atoms with E-state index < -0.39 is 0 Å². The molecule has 1 aliphatic carbocycles. The molecule has 4 heteroatoms. The van der Waals surface area contributed by atoms with E-state index in [0.29, 0.717) is 12.0 Å². The molecular weight excluding hydrogens is 200 g/mol. The molecule has 1 aromatic rings. The van der Waals surface area contributed by atoms with E-state index in [-0.39, 0.29) is 0 Å². The topological polar surface area (TPSA) is 55.0 Å². The van der Waals surface area contributed by atoms with Crippen molar-refractivity contribution >= 4 is 5.95 Å². The first-order valence-corrected chi connectivity index (χ1v) is 5.94. The maximum atomic E-state index is 5.80. The summed E-state index contributed by atoms with van der Waals surface area (Å²) >= 11 is 0. The summed E-state index contributed by atoms with van der Waals surface area (Å²) < 4.78 is 0. The highest BCUT2D eigenvalue weighted by Crippen LogP contribution is 2.29. The molecule has 1 aromatic heterocycles. The Hall–Kier alpha value is -1.16. The molecule has 2 rings (SSSR count). The van der Waals surface area contributed by atoms with Crippen molar-refractivity contribution in [3.8, 4) is 0 Å². The van der Waals surface area contributed by atoms with Crippen LogP contribution in [0.3, 0.4) is 0 Å². The van der Waals surface area contributed by atoms with Crippen molar-refractivity contribution in [1.82, 2.24) is 9.97 Å². The van der Waals surface area contributed by atoms with Gasteiger partial charge in [0.15, 0.2) is 0 Å². The second-order valence-corrected chi connectivity index (χ2v) is 4.67. The molecule has 0 amide bonds. The molecule has 4 nitrogen and oxygen atoms in total. The van der Waals surface area contributed by atoms with Crippen LogP contribution in [0.1, 0.15) is 24.8 Å². The zero-order chi connectivity index (χ0) is 11.5. The quantitative estimate of drug-likeness (QED) is 0.835. The molecule has 1 saturated carbocycles. The molecule has 1 aliphatic rings. The zero-order valence-corrected chi connectivity index (χ0v) is 10.1. The number of rotatable bonds is 3. The Bertz CT molecular complexity index is 335. The third-order valence-corrected chi connectivity index (χ3v) is 3.50. The summed E-state index contributed by atoms with van der Waals surface area (Å²) in [6, 6.07) is 0.507. The molecule has 1 heterocycles. The number of nitrogens with zero attached hydrogens (tertiary/aromatic N) is 3. The van der Waals surface area contributed by atoms with Crippen molar-refractivity contribution in [2.45, 2.75) is 32.2 Å². The molecule has 16 heavy (non-hydrogen) atoms. The van der Waals surface area contributed by atoms with E-state index in [4.69, 9.17) is 5.73 Å². The van der Waals surface area contributed by atoms with Crippen LogP contribution in [0.25, 0.3) is 0 Å². The Labute approximate surface area is 96.9 Å². The van der Waals surface area contributed by atoms with Gasteiger partial charge in [-0.05, 0) is 37.8 Å². The molecule has 0 spiro atoms. The Morgan fingerprint density at radius 3 is 2.69 bits per heavy atom. The van der Waals surface area contributed by atoms with Crippen molar-refractivity contribution in [3.63, 3.8) is 0 Å². The maximum absolute atomic E-state index is 5.80. The molecule has 2 atom stereocenters. The van der Waals surface area contributed by atoms with E-state index in [0.717, 1.165) is 18.1 Å². The summed E-state index contributed by atoms with van der Waals surface area (Å²) in [6.45, 7) is 2.77. The van der Waals surface area contributed by atoms with Crippen molar-refractivity contribution in [2.75, 3.05) is 18.5 Å². The van der Waals surface area contributed by atoms with Crippen LogP contribution in [0.4, 0.5) is 5.95 Å². The number of hydrogen-bond donors (Lipinski definition) is 1. The first-order chi connectivity index (χ1) is 7.72. The smallest absolute Gasteiger partial charge is 0.225 e. The van der Waals surface area contributed by atoms with Gasteiger partial charge in [0, 0.05) is 25.5 Å². The van der Waals surface area contributed by atoms with Crippen molar-refractivity contribution in [2.24, 2.45) is 11.7 Å². The highest BCUT2D eigenvalue weighted by molar-refractivity contribution is 5.31. The summed E-state index contributed by atoms with van der Waals surface area (Å²) in [6.07, 6.45) is 7.44. The minimum atomic E-state index is 0.507. The monoisotopic (exact) mass is 220 g/mol. The van der Waals surface area contributed by atoms with Gasteiger partial charge in [0.25, 0.3) is 0 Å².